The molecular weight excluding hydrogens is 226 g/mol. The highest BCUT2D eigenvalue weighted by molar-refractivity contribution is 7.99. The van der Waals surface area contributed by atoms with Crippen LogP contribution in [0.25, 0.3) is 0 Å². The van der Waals surface area contributed by atoms with Gasteiger partial charge in [-0.05, 0) is 37.8 Å². The Labute approximate surface area is 109 Å². The molecular formula is C15H23NS. The Balaban J connectivity index is 1.91. The summed E-state index contributed by atoms with van der Waals surface area (Å²) >= 11 is 2.07. The molecule has 1 unspecified atom stereocenters. The molecule has 0 radical (unpaired) electrons. The zero-order valence-electron chi connectivity index (χ0n) is 10.9. The molecule has 17 heavy (non-hydrogen) atoms. The van der Waals surface area contributed by atoms with Crippen LogP contribution >= 0.6 is 11.8 Å². The molecule has 1 atom stereocenters. The number of hydrogen-bond acceptors (Lipinski definition) is 2. The number of hydrogen-bond donors (Lipinski definition) is 1. The van der Waals surface area contributed by atoms with Gasteiger partial charge in [-0.2, -0.15) is 11.8 Å². The average Bonchev–Trinajstić information content (AvgIpc) is 2.78. The molecule has 2 N–H and O–H groups in total. The van der Waals surface area contributed by atoms with Crippen LogP contribution in [0.15, 0.2) is 18.2 Å². The van der Waals surface area contributed by atoms with Crippen molar-refractivity contribution < 1.29 is 0 Å². The zero-order valence-corrected chi connectivity index (χ0v) is 11.7. The second-order valence-electron chi connectivity index (χ2n) is 5.21. The molecule has 0 amide bonds. The van der Waals surface area contributed by atoms with Gasteiger partial charge in [0, 0.05) is 17.0 Å². The van der Waals surface area contributed by atoms with Gasteiger partial charge in [-0.1, -0.05) is 36.6 Å². The maximum Gasteiger partial charge on any atom is 0.0389 e. The van der Waals surface area contributed by atoms with E-state index in [1.165, 1.54) is 42.4 Å². The molecule has 2 heteroatoms. The normalized spacial score (nSPS) is 18.5. The quantitative estimate of drug-likeness (QED) is 0.873. The van der Waals surface area contributed by atoms with Crippen molar-refractivity contribution in [1.29, 1.82) is 0 Å². The van der Waals surface area contributed by atoms with Crippen LogP contribution in [0.3, 0.4) is 0 Å². The zero-order chi connectivity index (χ0) is 12.3. The number of thioether (sulfide) groups is 1. The first-order chi connectivity index (χ1) is 8.16. The fraction of sp³-hybridized carbons (Fsp3) is 0.600. The first-order valence-electron chi connectivity index (χ1n) is 6.61. The van der Waals surface area contributed by atoms with Crippen molar-refractivity contribution in [2.45, 2.75) is 50.8 Å². The SMILES string of the molecule is Cc1ccc(C(N)CSC2CCCC2)c(C)c1. The minimum atomic E-state index is 0.196. The summed E-state index contributed by atoms with van der Waals surface area (Å²) in [5.74, 6) is 1.06. The van der Waals surface area contributed by atoms with Crippen molar-refractivity contribution in [3.63, 3.8) is 0 Å². The van der Waals surface area contributed by atoms with Crippen molar-refractivity contribution >= 4 is 11.8 Å². The third-order valence-corrected chi connectivity index (χ3v) is 5.13. The van der Waals surface area contributed by atoms with E-state index in [4.69, 9.17) is 5.73 Å². The molecule has 1 aliphatic rings. The van der Waals surface area contributed by atoms with Gasteiger partial charge >= 0.3 is 0 Å². The standard InChI is InChI=1S/C15H23NS/c1-11-7-8-14(12(2)9-11)15(16)10-17-13-5-3-4-6-13/h7-9,13,15H,3-6,10,16H2,1-2H3. The fourth-order valence-electron chi connectivity index (χ4n) is 2.63. The van der Waals surface area contributed by atoms with E-state index in [-0.39, 0.29) is 6.04 Å². The third-order valence-electron chi connectivity index (χ3n) is 3.64. The number of rotatable bonds is 4. The Hall–Kier alpha value is -0.470. The molecule has 2 rings (SSSR count). The van der Waals surface area contributed by atoms with E-state index in [9.17, 15) is 0 Å². The molecule has 1 fully saturated rings. The van der Waals surface area contributed by atoms with Gasteiger partial charge in [-0.15, -0.1) is 0 Å². The minimum Gasteiger partial charge on any atom is -0.323 e. The highest BCUT2D eigenvalue weighted by Crippen LogP contribution is 2.32. The highest BCUT2D eigenvalue weighted by atomic mass is 32.2. The van der Waals surface area contributed by atoms with E-state index in [0.717, 1.165) is 11.0 Å². The summed E-state index contributed by atoms with van der Waals surface area (Å²) in [6.07, 6.45) is 5.61. The van der Waals surface area contributed by atoms with E-state index >= 15 is 0 Å². The minimum absolute atomic E-state index is 0.196. The van der Waals surface area contributed by atoms with Gasteiger partial charge in [-0.25, -0.2) is 0 Å². The lowest BCUT2D eigenvalue weighted by Crippen LogP contribution is -2.16. The lowest BCUT2D eigenvalue weighted by atomic mass is 10.0. The smallest absolute Gasteiger partial charge is 0.0389 e. The maximum atomic E-state index is 6.30. The van der Waals surface area contributed by atoms with E-state index < -0.39 is 0 Å². The molecule has 1 aliphatic carbocycles. The van der Waals surface area contributed by atoms with E-state index in [1.807, 2.05) is 0 Å². The predicted octanol–water partition coefficient (Wildman–Crippen LogP) is 3.98. The Kier molecular flexibility index (Phi) is 4.52. The van der Waals surface area contributed by atoms with Gasteiger partial charge in [0.05, 0.1) is 0 Å². The molecule has 1 aromatic rings. The van der Waals surface area contributed by atoms with Crippen molar-refractivity contribution in [3.05, 3.63) is 34.9 Å². The number of nitrogens with two attached hydrogens (primary N) is 1. The van der Waals surface area contributed by atoms with Crippen LogP contribution in [0.2, 0.25) is 0 Å². The van der Waals surface area contributed by atoms with Crippen molar-refractivity contribution in [2.75, 3.05) is 5.75 Å². The molecule has 0 spiro atoms. The Morgan fingerprint density at radius 1 is 1.29 bits per heavy atom. The number of benzene rings is 1. The predicted molar refractivity (Wildman–Crippen MR) is 77.6 cm³/mol. The molecule has 0 saturated heterocycles. The average molecular weight is 249 g/mol. The first kappa shape index (κ1) is 13.0. The van der Waals surface area contributed by atoms with Gasteiger partial charge in [0.1, 0.15) is 0 Å². The molecule has 1 nitrogen and oxygen atoms in total. The van der Waals surface area contributed by atoms with E-state index in [0.29, 0.717) is 0 Å². The van der Waals surface area contributed by atoms with Crippen LogP contribution in [0.1, 0.15) is 48.4 Å². The van der Waals surface area contributed by atoms with Crippen LogP contribution < -0.4 is 5.73 Å². The Morgan fingerprint density at radius 3 is 2.65 bits per heavy atom. The van der Waals surface area contributed by atoms with Crippen LogP contribution in [-0.4, -0.2) is 11.0 Å². The fourth-order valence-corrected chi connectivity index (χ4v) is 3.95. The molecule has 1 aromatic carbocycles. The third kappa shape index (κ3) is 3.49. The summed E-state index contributed by atoms with van der Waals surface area (Å²) in [6.45, 7) is 4.30. The van der Waals surface area contributed by atoms with Crippen molar-refractivity contribution in [1.82, 2.24) is 0 Å². The van der Waals surface area contributed by atoms with Crippen molar-refractivity contribution in [2.24, 2.45) is 5.73 Å². The van der Waals surface area contributed by atoms with Crippen LogP contribution in [-0.2, 0) is 0 Å². The molecule has 0 bridgehead atoms. The molecule has 0 heterocycles. The second-order valence-corrected chi connectivity index (χ2v) is 6.54. The van der Waals surface area contributed by atoms with Crippen LogP contribution in [0, 0.1) is 13.8 Å². The lowest BCUT2D eigenvalue weighted by molar-refractivity contribution is 0.812. The van der Waals surface area contributed by atoms with Crippen LogP contribution in [0.4, 0.5) is 0 Å². The summed E-state index contributed by atoms with van der Waals surface area (Å²) in [6, 6.07) is 6.80. The van der Waals surface area contributed by atoms with Gasteiger partial charge < -0.3 is 5.73 Å². The van der Waals surface area contributed by atoms with Gasteiger partial charge in [-0.3, -0.25) is 0 Å². The highest BCUT2D eigenvalue weighted by Gasteiger charge is 2.17. The topological polar surface area (TPSA) is 26.0 Å². The first-order valence-corrected chi connectivity index (χ1v) is 7.66. The van der Waals surface area contributed by atoms with Crippen molar-refractivity contribution in [3.8, 4) is 0 Å². The van der Waals surface area contributed by atoms with Gasteiger partial charge in [0.15, 0.2) is 0 Å². The Morgan fingerprint density at radius 2 is 2.00 bits per heavy atom. The Bertz CT molecular complexity index is 369. The summed E-state index contributed by atoms with van der Waals surface area (Å²) in [7, 11) is 0. The van der Waals surface area contributed by atoms with Crippen LogP contribution in [0.5, 0.6) is 0 Å². The molecule has 0 aliphatic heterocycles. The van der Waals surface area contributed by atoms with E-state index in [1.54, 1.807) is 0 Å². The summed E-state index contributed by atoms with van der Waals surface area (Å²) < 4.78 is 0. The van der Waals surface area contributed by atoms with Gasteiger partial charge in [0.2, 0.25) is 0 Å². The second kappa shape index (κ2) is 5.92. The summed E-state index contributed by atoms with van der Waals surface area (Å²) in [4.78, 5) is 0. The van der Waals surface area contributed by atoms with E-state index in [2.05, 4.69) is 43.8 Å². The summed E-state index contributed by atoms with van der Waals surface area (Å²) in [5.41, 5.74) is 10.3. The van der Waals surface area contributed by atoms with Gasteiger partial charge in [0.25, 0.3) is 0 Å². The monoisotopic (exact) mass is 249 g/mol. The molecule has 94 valence electrons. The molecule has 1 saturated carbocycles. The number of aryl methyl sites for hydroxylation is 2. The maximum absolute atomic E-state index is 6.30. The molecule has 0 aromatic heterocycles. The lowest BCUT2D eigenvalue weighted by Gasteiger charge is -2.17. The summed E-state index contributed by atoms with van der Waals surface area (Å²) in [5, 5.41) is 0.867. The largest absolute Gasteiger partial charge is 0.323 e.